The van der Waals surface area contributed by atoms with Gasteiger partial charge in [0.25, 0.3) is 0 Å². The first-order valence-corrected chi connectivity index (χ1v) is 13.1. The molecule has 3 aromatic rings. The Hall–Kier alpha value is -2.85. The topological polar surface area (TPSA) is 30.3 Å². The van der Waals surface area contributed by atoms with Crippen LogP contribution in [0.15, 0.2) is 42.5 Å². The number of hydrogen-bond acceptors (Lipinski definition) is 3. The number of hydrogen-bond donors (Lipinski definition) is 0. The van der Waals surface area contributed by atoms with Gasteiger partial charge in [-0.25, -0.2) is 4.68 Å². The van der Waals surface area contributed by atoms with Crippen LogP contribution in [0.25, 0.3) is 23.0 Å². The van der Waals surface area contributed by atoms with Crippen LogP contribution >= 0.6 is 0 Å². The van der Waals surface area contributed by atoms with Crippen LogP contribution in [0.2, 0.25) is 0 Å². The van der Waals surface area contributed by atoms with Gasteiger partial charge in [-0.3, -0.25) is 4.90 Å². The molecule has 184 valence electrons. The van der Waals surface area contributed by atoms with Gasteiger partial charge in [0, 0.05) is 37.2 Å². The van der Waals surface area contributed by atoms with E-state index in [1.807, 2.05) is 0 Å². The van der Waals surface area contributed by atoms with E-state index >= 15 is 0 Å². The smallest absolute Gasteiger partial charge is 0.145 e. The van der Waals surface area contributed by atoms with Gasteiger partial charge in [0.2, 0.25) is 0 Å². The number of fused-ring (bicyclic) bond motifs is 2. The summed E-state index contributed by atoms with van der Waals surface area (Å²) in [5.41, 5.74) is 10.3. The van der Waals surface area contributed by atoms with E-state index in [-0.39, 0.29) is 5.41 Å². The van der Waals surface area contributed by atoms with Crippen molar-refractivity contribution < 1.29 is 4.74 Å². The molecule has 0 N–H and O–H groups in total. The van der Waals surface area contributed by atoms with E-state index in [0.717, 1.165) is 43.9 Å². The second-order valence-corrected chi connectivity index (χ2v) is 11.9. The Labute approximate surface area is 210 Å². The van der Waals surface area contributed by atoms with Crippen LogP contribution in [0, 0.1) is 18.3 Å². The van der Waals surface area contributed by atoms with E-state index in [1.165, 1.54) is 39.2 Å². The van der Waals surface area contributed by atoms with Gasteiger partial charge in [0.1, 0.15) is 11.4 Å². The van der Waals surface area contributed by atoms with Crippen LogP contribution < -0.4 is 4.74 Å². The summed E-state index contributed by atoms with van der Waals surface area (Å²) in [7, 11) is 0. The zero-order valence-electron chi connectivity index (χ0n) is 22.2. The van der Waals surface area contributed by atoms with E-state index in [1.54, 1.807) is 0 Å². The normalized spacial score (nSPS) is 15.5. The molecule has 4 heteroatoms. The zero-order chi connectivity index (χ0) is 24.7. The lowest BCUT2D eigenvalue weighted by molar-refractivity contribution is 0.176. The fraction of sp³-hybridized carbons (Fsp3) is 0.452. The number of ether oxygens (including phenoxy) is 1. The van der Waals surface area contributed by atoms with Crippen LogP contribution in [0.5, 0.6) is 5.75 Å². The molecule has 0 amide bonds. The average molecular weight is 470 g/mol. The highest BCUT2D eigenvalue weighted by molar-refractivity contribution is 5.73. The van der Waals surface area contributed by atoms with Crippen molar-refractivity contribution >= 4 is 6.08 Å². The number of aryl methyl sites for hydroxylation is 1. The summed E-state index contributed by atoms with van der Waals surface area (Å²) < 4.78 is 8.53. The van der Waals surface area contributed by atoms with E-state index in [0.29, 0.717) is 12.5 Å². The Balaban J connectivity index is 1.66. The van der Waals surface area contributed by atoms with E-state index in [2.05, 4.69) is 99.7 Å². The maximum atomic E-state index is 6.34. The molecule has 1 aliphatic carbocycles. The van der Waals surface area contributed by atoms with Gasteiger partial charge in [0.05, 0.1) is 18.0 Å². The lowest BCUT2D eigenvalue weighted by Crippen LogP contribution is -2.36. The summed E-state index contributed by atoms with van der Waals surface area (Å²) in [5, 5.41) is 5.26. The van der Waals surface area contributed by atoms with E-state index in [9.17, 15) is 0 Å². The van der Waals surface area contributed by atoms with E-state index < -0.39 is 0 Å². The van der Waals surface area contributed by atoms with Crippen molar-refractivity contribution in [2.24, 2.45) is 11.3 Å². The molecule has 0 spiro atoms. The van der Waals surface area contributed by atoms with Crippen molar-refractivity contribution in [2.45, 2.75) is 60.9 Å². The molecular weight excluding hydrogens is 430 g/mol. The molecule has 2 aliphatic rings. The molecule has 0 unspecified atom stereocenters. The molecule has 0 radical (unpaired) electrons. The predicted octanol–water partition coefficient (Wildman–Crippen LogP) is 6.86. The quantitative estimate of drug-likeness (QED) is 0.395. The third kappa shape index (κ3) is 4.95. The summed E-state index contributed by atoms with van der Waals surface area (Å²) >= 11 is 0. The lowest BCUT2D eigenvalue weighted by atomic mass is 9.93. The number of allylic oxidation sites excluding steroid dienone is 1. The largest absolute Gasteiger partial charge is 0.491 e. The van der Waals surface area contributed by atoms with Crippen molar-refractivity contribution in [3.8, 4) is 22.7 Å². The molecule has 4 nitrogen and oxygen atoms in total. The lowest BCUT2D eigenvalue weighted by Gasteiger charge is -2.32. The average Bonchev–Trinajstić information content (AvgIpc) is 3.40. The molecule has 0 saturated heterocycles. The summed E-state index contributed by atoms with van der Waals surface area (Å²) in [5.74, 6) is 1.37. The fourth-order valence-corrected chi connectivity index (χ4v) is 5.38. The monoisotopic (exact) mass is 469 g/mol. The number of rotatable bonds is 6. The minimum Gasteiger partial charge on any atom is -0.491 e. The SMILES string of the molecule is Cc1cccc(OCC(C)C)c1-n1nc2c(c1-c1ccc3c(c1)CC=C3)CN(CC(C)(C)C)CC2. The fourth-order valence-electron chi connectivity index (χ4n) is 5.38. The van der Waals surface area contributed by atoms with Crippen LogP contribution in [0.1, 0.15) is 62.6 Å². The minimum atomic E-state index is 0.265. The predicted molar refractivity (Wildman–Crippen MR) is 145 cm³/mol. The minimum absolute atomic E-state index is 0.265. The Morgan fingerprint density at radius 1 is 1.11 bits per heavy atom. The highest BCUT2D eigenvalue weighted by atomic mass is 16.5. The van der Waals surface area contributed by atoms with Crippen molar-refractivity contribution in [2.75, 3.05) is 19.7 Å². The molecular formula is C31H39N3O. The van der Waals surface area contributed by atoms with Gasteiger partial charge >= 0.3 is 0 Å². The molecule has 2 aromatic carbocycles. The maximum Gasteiger partial charge on any atom is 0.145 e. The Bertz CT molecular complexity index is 1260. The Kier molecular flexibility index (Phi) is 6.35. The van der Waals surface area contributed by atoms with E-state index in [4.69, 9.17) is 9.84 Å². The second kappa shape index (κ2) is 9.31. The molecule has 1 aromatic heterocycles. The molecule has 1 aliphatic heterocycles. The first-order valence-electron chi connectivity index (χ1n) is 13.1. The summed E-state index contributed by atoms with van der Waals surface area (Å²) in [6, 6.07) is 13.3. The molecule has 2 heterocycles. The van der Waals surface area contributed by atoms with Crippen LogP contribution in [0.4, 0.5) is 0 Å². The summed E-state index contributed by atoms with van der Waals surface area (Å²) in [6.07, 6.45) is 6.47. The number of benzene rings is 2. The molecule has 35 heavy (non-hydrogen) atoms. The number of aromatic nitrogens is 2. The van der Waals surface area contributed by atoms with Gasteiger partial charge < -0.3 is 4.74 Å². The third-order valence-corrected chi connectivity index (χ3v) is 6.85. The van der Waals surface area contributed by atoms with Gasteiger partial charge in [-0.15, -0.1) is 0 Å². The Morgan fingerprint density at radius 3 is 2.71 bits per heavy atom. The molecule has 0 saturated carbocycles. The zero-order valence-corrected chi connectivity index (χ0v) is 22.2. The first kappa shape index (κ1) is 23.9. The van der Waals surface area contributed by atoms with Crippen LogP contribution in [-0.2, 0) is 19.4 Å². The maximum absolute atomic E-state index is 6.34. The summed E-state index contributed by atoms with van der Waals surface area (Å²) in [6.45, 7) is 17.3. The summed E-state index contributed by atoms with van der Waals surface area (Å²) in [4.78, 5) is 2.60. The number of para-hydroxylation sites is 1. The van der Waals surface area contributed by atoms with Crippen molar-refractivity contribution in [1.29, 1.82) is 0 Å². The van der Waals surface area contributed by atoms with Gasteiger partial charge in [-0.1, -0.05) is 71.0 Å². The van der Waals surface area contributed by atoms with Crippen molar-refractivity contribution in [3.05, 3.63) is 70.4 Å². The van der Waals surface area contributed by atoms with Gasteiger partial charge in [-0.05, 0) is 53.5 Å². The van der Waals surface area contributed by atoms with Crippen molar-refractivity contribution in [3.63, 3.8) is 0 Å². The second-order valence-electron chi connectivity index (χ2n) is 11.9. The highest BCUT2D eigenvalue weighted by Crippen LogP contribution is 2.38. The molecule has 0 atom stereocenters. The standard InChI is InChI=1S/C31H39N3O/c1-21(2)19-35-28-12-7-9-22(3)29(28)34-30(25-14-13-23-10-8-11-24(23)17-25)26-18-33(20-31(4,5)6)16-15-27(26)32-34/h7-10,12-14,17,21H,11,15-16,18-20H2,1-6H3. The third-order valence-electron chi connectivity index (χ3n) is 6.85. The van der Waals surface area contributed by atoms with Gasteiger partial charge in [0.15, 0.2) is 0 Å². The van der Waals surface area contributed by atoms with Crippen molar-refractivity contribution in [1.82, 2.24) is 14.7 Å². The van der Waals surface area contributed by atoms with Gasteiger partial charge in [-0.2, -0.15) is 5.10 Å². The van der Waals surface area contributed by atoms with Crippen LogP contribution in [0.3, 0.4) is 0 Å². The Morgan fingerprint density at radius 2 is 1.94 bits per heavy atom. The van der Waals surface area contributed by atoms with Crippen LogP contribution in [-0.4, -0.2) is 34.4 Å². The first-order chi connectivity index (χ1) is 16.7. The molecule has 0 bridgehead atoms. The number of nitrogens with zero attached hydrogens (tertiary/aromatic N) is 3. The highest BCUT2D eigenvalue weighted by Gasteiger charge is 2.29. The molecule has 5 rings (SSSR count). The molecule has 0 fully saturated rings.